The molecule has 0 amide bonds. The van der Waals surface area contributed by atoms with Gasteiger partial charge in [-0.2, -0.15) is 0 Å². The number of nitrogens with zero attached hydrogens (tertiary/aromatic N) is 3. The third-order valence-electron chi connectivity index (χ3n) is 4.17. The second kappa shape index (κ2) is 9.60. The molecular formula is C23H27N3OS. The molecule has 0 aliphatic heterocycles. The third-order valence-corrected chi connectivity index (χ3v) is 5.21. The summed E-state index contributed by atoms with van der Waals surface area (Å²) in [5.74, 6) is 3.09. The zero-order chi connectivity index (χ0) is 19.9. The molecule has 3 aromatic rings. The van der Waals surface area contributed by atoms with Crippen LogP contribution in [0.2, 0.25) is 0 Å². The number of allylic oxidation sites excluding steroid dienone is 1. The minimum atomic E-state index is 0.503. The summed E-state index contributed by atoms with van der Waals surface area (Å²) in [6.45, 7) is 11.7. The van der Waals surface area contributed by atoms with Gasteiger partial charge in [-0.3, -0.25) is 4.57 Å². The Balaban J connectivity index is 1.77. The van der Waals surface area contributed by atoms with E-state index in [9.17, 15) is 0 Å². The van der Waals surface area contributed by atoms with Gasteiger partial charge in [0.1, 0.15) is 5.75 Å². The SMILES string of the molecule is C=CCn1c(SCc2cccc(C)c2)nnc1-c1ccc(OCC(C)C)cc1. The molecule has 146 valence electrons. The van der Waals surface area contributed by atoms with Gasteiger partial charge in [0.2, 0.25) is 0 Å². The van der Waals surface area contributed by atoms with Crippen LogP contribution in [0.1, 0.15) is 25.0 Å². The first-order valence-corrected chi connectivity index (χ1v) is 10.5. The lowest BCUT2D eigenvalue weighted by Crippen LogP contribution is -2.04. The van der Waals surface area contributed by atoms with Crippen LogP contribution >= 0.6 is 11.8 Å². The lowest BCUT2D eigenvalue weighted by Gasteiger charge is -2.10. The van der Waals surface area contributed by atoms with Gasteiger partial charge >= 0.3 is 0 Å². The normalized spacial score (nSPS) is 11.0. The van der Waals surface area contributed by atoms with Crippen molar-refractivity contribution in [3.05, 3.63) is 72.3 Å². The number of hydrogen-bond acceptors (Lipinski definition) is 4. The van der Waals surface area contributed by atoms with Crippen molar-refractivity contribution in [3.63, 3.8) is 0 Å². The van der Waals surface area contributed by atoms with E-state index in [-0.39, 0.29) is 0 Å². The van der Waals surface area contributed by atoms with Crippen LogP contribution in [0.4, 0.5) is 0 Å². The average molecular weight is 394 g/mol. The number of aromatic nitrogens is 3. The Labute approximate surface area is 171 Å². The summed E-state index contributed by atoms with van der Waals surface area (Å²) in [6.07, 6.45) is 1.88. The quantitative estimate of drug-likeness (QED) is 0.342. The van der Waals surface area contributed by atoms with Gasteiger partial charge < -0.3 is 4.74 Å². The van der Waals surface area contributed by atoms with Crippen LogP contribution < -0.4 is 4.74 Å². The molecule has 0 aliphatic rings. The standard InChI is InChI=1S/C23H27N3OS/c1-5-13-26-22(20-9-11-21(12-10-20)27-15-17(2)3)24-25-23(26)28-16-19-8-6-7-18(4)14-19/h5-12,14,17H,1,13,15-16H2,2-4H3. The first-order valence-electron chi connectivity index (χ1n) is 9.52. The fraction of sp³-hybridized carbons (Fsp3) is 0.304. The lowest BCUT2D eigenvalue weighted by molar-refractivity contribution is 0.271. The molecule has 0 radical (unpaired) electrons. The number of benzene rings is 2. The summed E-state index contributed by atoms with van der Waals surface area (Å²) >= 11 is 1.70. The molecule has 0 saturated carbocycles. The van der Waals surface area contributed by atoms with Gasteiger partial charge in [0.05, 0.1) is 6.61 Å². The van der Waals surface area contributed by atoms with Gasteiger partial charge in [-0.15, -0.1) is 16.8 Å². The molecule has 1 aromatic heterocycles. The lowest BCUT2D eigenvalue weighted by atomic mass is 10.2. The topological polar surface area (TPSA) is 39.9 Å². The van der Waals surface area contributed by atoms with Crippen molar-refractivity contribution in [2.75, 3.05) is 6.61 Å². The first kappa shape index (κ1) is 20.2. The fourth-order valence-electron chi connectivity index (χ4n) is 2.82. The molecule has 0 fully saturated rings. The smallest absolute Gasteiger partial charge is 0.192 e. The van der Waals surface area contributed by atoms with Crippen molar-refractivity contribution in [2.45, 2.75) is 38.2 Å². The van der Waals surface area contributed by atoms with Crippen molar-refractivity contribution in [1.82, 2.24) is 14.8 Å². The number of aryl methyl sites for hydroxylation is 1. The summed E-state index contributed by atoms with van der Waals surface area (Å²) in [5, 5.41) is 9.77. The molecule has 3 rings (SSSR count). The minimum Gasteiger partial charge on any atom is -0.493 e. The van der Waals surface area contributed by atoms with Crippen molar-refractivity contribution < 1.29 is 4.74 Å². The monoisotopic (exact) mass is 393 g/mol. The van der Waals surface area contributed by atoms with E-state index in [1.807, 2.05) is 30.3 Å². The predicted octanol–water partition coefficient (Wildman–Crippen LogP) is 5.77. The van der Waals surface area contributed by atoms with Crippen LogP contribution in [0.15, 0.2) is 66.3 Å². The Morgan fingerprint density at radius 3 is 2.61 bits per heavy atom. The van der Waals surface area contributed by atoms with Crippen LogP contribution in [0.5, 0.6) is 5.75 Å². The summed E-state index contributed by atoms with van der Waals surface area (Å²) in [7, 11) is 0. The third kappa shape index (κ3) is 5.26. The Kier molecular flexibility index (Phi) is 6.93. The highest BCUT2D eigenvalue weighted by Crippen LogP contribution is 2.28. The summed E-state index contributed by atoms with van der Waals surface area (Å²) in [4.78, 5) is 0. The van der Waals surface area contributed by atoms with Gasteiger partial charge in [0.15, 0.2) is 11.0 Å². The molecule has 0 spiro atoms. The van der Waals surface area contributed by atoms with Gasteiger partial charge in [-0.1, -0.05) is 61.5 Å². The van der Waals surface area contributed by atoms with Crippen molar-refractivity contribution in [1.29, 1.82) is 0 Å². The van der Waals surface area contributed by atoms with Crippen LogP contribution in [-0.2, 0) is 12.3 Å². The van der Waals surface area contributed by atoms with Gasteiger partial charge in [-0.05, 0) is 42.7 Å². The highest BCUT2D eigenvalue weighted by molar-refractivity contribution is 7.98. The molecule has 28 heavy (non-hydrogen) atoms. The molecule has 0 saturated heterocycles. The van der Waals surface area contributed by atoms with Crippen molar-refractivity contribution >= 4 is 11.8 Å². The summed E-state index contributed by atoms with van der Waals surface area (Å²) in [5.41, 5.74) is 3.58. The molecule has 0 N–H and O–H groups in total. The van der Waals surface area contributed by atoms with E-state index in [1.165, 1.54) is 11.1 Å². The van der Waals surface area contributed by atoms with E-state index >= 15 is 0 Å². The molecule has 0 bridgehead atoms. The number of thioether (sulfide) groups is 1. The summed E-state index contributed by atoms with van der Waals surface area (Å²) < 4.78 is 7.88. The highest BCUT2D eigenvalue weighted by atomic mass is 32.2. The number of hydrogen-bond donors (Lipinski definition) is 0. The van der Waals surface area contributed by atoms with E-state index in [0.29, 0.717) is 19.1 Å². The van der Waals surface area contributed by atoms with Gasteiger partial charge in [0, 0.05) is 17.9 Å². The van der Waals surface area contributed by atoms with E-state index in [4.69, 9.17) is 4.74 Å². The predicted molar refractivity (Wildman–Crippen MR) is 117 cm³/mol. The molecular weight excluding hydrogens is 366 g/mol. The average Bonchev–Trinajstić information content (AvgIpc) is 3.08. The van der Waals surface area contributed by atoms with Crippen LogP contribution in [-0.4, -0.2) is 21.4 Å². The highest BCUT2D eigenvalue weighted by Gasteiger charge is 2.14. The molecule has 4 nitrogen and oxygen atoms in total. The Morgan fingerprint density at radius 1 is 1.14 bits per heavy atom. The van der Waals surface area contributed by atoms with E-state index in [0.717, 1.165) is 28.0 Å². The molecule has 0 aliphatic carbocycles. The van der Waals surface area contributed by atoms with Gasteiger partial charge in [-0.25, -0.2) is 0 Å². The van der Waals surface area contributed by atoms with Crippen LogP contribution in [0.3, 0.4) is 0 Å². The first-order chi connectivity index (χ1) is 13.6. The van der Waals surface area contributed by atoms with E-state index in [2.05, 4.69) is 66.4 Å². The zero-order valence-corrected chi connectivity index (χ0v) is 17.6. The molecule has 2 aromatic carbocycles. The van der Waals surface area contributed by atoms with Crippen LogP contribution in [0.25, 0.3) is 11.4 Å². The maximum atomic E-state index is 5.78. The van der Waals surface area contributed by atoms with Gasteiger partial charge in [0.25, 0.3) is 0 Å². The minimum absolute atomic E-state index is 0.503. The molecule has 0 unspecified atom stereocenters. The fourth-order valence-corrected chi connectivity index (χ4v) is 3.71. The Bertz CT molecular complexity index is 916. The maximum Gasteiger partial charge on any atom is 0.192 e. The zero-order valence-electron chi connectivity index (χ0n) is 16.8. The second-order valence-corrected chi connectivity index (χ2v) is 8.15. The van der Waals surface area contributed by atoms with Crippen LogP contribution in [0, 0.1) is 12.8 Å². The molecule has 1 heterocycles. The van der Waals surface area contributed by atoms with Crippen molar-refractivity contribution in [2.24, 2.45) is 5.92 Å². The Hall–Kier alpha value is -2.53. The largest absolute Gasteiger partial charge is 0.493 e. The molecule has 5 heteroatoms. The molecule has 0 atom stereocenters. The second-order valence-electron chi connectivity index (χ2n) is 7.21. The number of ether oxygens (including phenoxy) is 1. The van der Waals surface area contributed by atoms with E-state index < -0.39 is 0 Å². The maximum absolute atomic E-state index is 5.78. The number of rotatable bonds is 9. The summed E-state index contributed by atoms with van der Waals surface area (Å²) in [6, 6.07) is 16.6. The van der Waals surface area contributed by atoms with E-state index in [1.54, 1.807) is 11.8 Å². The van der Waals surface area contributed by atoms with Crippen molar-refractivity contribution in [3.8, 4) is 17.1 Å². The Morgan fingerprint density at radius 2 is 1.93 bits per heavy atom.